The highest BCUT2D eigenvalue weighted by molar-refractivity contribution is 5.97. The number of ether oxygens (including phenoxy) is 1. The van der Waals surface area contributed by atoms with E-state index in [1.54, 1.807) is 12.1 Å². The van der Waals surface area contributed by atoms with Crippen LogP contribution in [0.5, 0.6) is 5.75 Å². The summed E-state index contributed by atoms with van der Waals surface area (Å²) >= 11 is 0. The van der Waals surface area contributed by atoms with Crippen LogP contribution in [0.4, 0.5) is 0 Å². The average Bonchev–Trinajstić information content (AvgIpc) is 3.12. The fourth-order valence-electron chi connectivity index (χ4n) is 4.55. The number of amides is 1. The number of aryl methyl sites for hydroxylation is 1. The lowest BCUT2D eigenvalue weighted by Gasteiger charge is -2.30. The fraction of sp³-hybridized carbons (Fsp3) is 0.355. The quantitative estimate of drug-likeness (QED) is 0.397. The van der Waals surface area contributed by atoms with E-state index in [0.29, 0.717) is 31.1 Å². The molecule has 0 saturated heterocycles. The second-order valence-corrected chi connectivity index (χ2v) is 9.92. The first kappa shape index (κ1) is 25.6. The van der Waals surface area contributed by atoms with Crippen LogP contribution in [-0.4, -0.2) is 29.3 Å². The Balaban J connectivity index is 1.49. The topological polar surface area (TPSA) is 58.6 Å². The molecule has 0 radical (unpaired) electrons. The van der Waals surface area contributed by atoms with Crippen molar-refractivity contribution in [3.05, 3.63) is 101 Å². The molecule has 3 aromatic carbocycles. The first-order chi connectivity index (χ1) is 17.5. The number of hydrogen-bond donors (Lipinski definition) is 1. The molecule has 188 valence electrons. The van der Waals surface area contributed by atoms with Gasteiger partial charge in [-0.1, -0.05) is 68.4 Å². The number of ketones is 1. The van der Waals surface area contributed by atoms with Crippen LogP contribution in [0.25, 0.3) is 0 Å². The molecule has 5 heteroatoms. The molecule has 3 aromatic rings. The molecule has 0 bridgehead atoms. The largest absolute Gasteiger partial charge is 0.489 e. The van der Waals surface area contributed by atoms with E-state index in [9.17, 15) is 9.59 Å². The number of carbonyl (C=O) groups excluding carboxylic acids is 2. The predicted molar refractivity (Wildman–Crippen MR) is 143 cm³/mol. The maximum absolute atomic E-state index is 13.3. The average molecular weight is 485 g/mol. The van der Waals surface area contributed by atoms with E-state index in [-0.39, 0.29) is 11.7 Å². The van der Waals surface area contributed by atoms with E-state index >= 15 is 0 Å². The van der Waals surface area contributed by atoms with Crippen LogP contribution in [0.3, 0.4) is 0 Å². The number of nitrogens with zero attached hydrogens (tertiary/aromatic N) is 1. The molecule has 5 nitrogen and oxygen atoms in total. The molecule has 1 amide bonds. The zero-order chi connectivity index (χ0) is 25.3. The molecule has 0 saturated carbocycles. The lowest BCUT2D eigenvalue weighted by molar-refractivity contribution is -0.125. The summed E-state index contributed by atoms with van der Waals surface area (Å²) in [6.45, 7) is 6.11. The Morgan fingerprint density at radius 3 is 2.39 bits per heavy atom. The van der Waals surface area contributed by atoms with Crippen LogP contribution < -0.4 is 10.1 Å². The van der Waals surface area contributed by atoms with Gasteiger partial charge in [0.25, 0.3) is 5.91 Å². The molecule has 1 aliphatic rings. The summed E-state index contributed by atoms with van der Waals surface area (Å²) < 4.78 is 6.04. The third kappa shape index (κ3) is 7.05. The molecule has 0 spiro atoms. The van der Waals surface area contributed by atoms with Gasteiger partial charge in [-0.05, 0) is 66.1 Å². The molecule has 1 heterocycles. The highest BCUT2D eigenvalue weighted by Crippen LogP contribution is 2.26. The molecule has 1 unspecified atom stereocenters. The van der Waals surface area contributed by atoms with E-state index in [4.69, 9.17) is 4.74 Å². The molecule has 4 rings (SSSR count). The van der Waals surface area contributed by atoms with Crippen molar-refractivity contribution >= 4 is 11.7 Å². The monoisotopic (exact) mass is 484 g/mol. The molecule has 0 aliphatic carbocycles. The number of fused-ring (bicyclic) bond motifs is 1. The van der Waals surface area contributed by atoms with E-state index in [1.165, 1.54) is 11.1 Å². The van der Waals surface area contributed by atoms with Crippen LogP contribution in [0, 0.1) is 5.92 Å². The highest BCUT2D eigenvalue weighted by Gasteiger charge is 2.29. The Kier molecular flexibility index (Phi) is 8.90. The van der Waals surface area contributed by atoms with Crippen LogP contribution in [0.15, 0.2) is 78.9 Å². The number of rotatable bonds is 10. The molecular formula is C31H36N2O3. The van der Waals surface area contributed by atoms with Crippen LogP contribution in [-0.2, 0) is 24.4 Å². The zero-order valence-electron chi connectivity index (χ0n) is 21.3. The Morgan fingerprint density at radius 2 is 1.67 bits per heavy atom. The Bertz CT molecular complexity index is 1140. The van der Waals surface area contributed by atoms with Crippen LogP contribution >= 0.6 is 0 Å². The van der Waals surface area contributed by atoms with Crippen molar-refractivity contribution in [2.75, 3.05) is 6.54 Å². The molecule has 1 N–H and O–H groups in total. The van der Waals surface area contributed by atoms with Gasteiger partial charge in [0.1, 0.15) is 18.5 Å². The second kappa shape index (κ2) is 12.5. The van der Waals surface area contributed by atoms with Gasteiger partial charge in [-0.25, -0.2) is 0 Å². The number of benzene rings is 3. The van der Waals surface area contributed by atoms with Gasteiger partial charge in [0, 0.05) is 25.1 Å². The highest BCUT2D eigenvalue weighted by atomic mass is 16.5. The van der Waals surface area contributed by atoms with Gasteiger partial charge < -0.3 is 10.1 Å². The summed E-state index contributed by atoms with van der Waals surface area (Å²) in [6.07, 6.45) is 2.44. The Morgan fingerprint density at radius 1 is 0.944 bits per heavy atom. The van der Waals surface area contributed by atoms with Crippen molar-refractivity contribution in [3.8, 4) is 5.75 Å². The number of nitrogens with one attached hydrogen (secondary N) is 1. The van der Waals surface area contributed by atoms with Gasteiger partial charge in [-0.2, -0.15) is 0 Å². The fourth-order valence-corrected chi connectivity index (χ4v) is 4.55. The molecule has 36 heavy (non-hydrogen) atoms. The molecule has 0 fully saturated rings. The maximum Gasteiger partial charge on any atom is 0.252 e. The van der Waals surface area contributed by atoms with Crippen LogP contribution in [0.1, 0.15) is 60.2 Å². The van der Waals surface area contributed by atoms with E-state index < -0.39 is 6.17 Å². The third-order valence-corrected chi connectivity index (χ3v) is 6.63. The second-order valence-electron chi connectivity index (χ2n) is 9.92. The third-order valence-electron chi connectivity index (χ3n) is 6.63. The zero-order valence-corrected chi connectivity index (χ0v) is 21.3. The van der Waals surface area contributed by atoms with Crippen molar-refractivity contribution in [1.29, 1.82) is 0 Å². The van der Waals surface area contributed by atoms with E-state index in [2.05, 4.69) is 48.3 Å². The SMILES string of the molecule is CC(C)CCC(=O)C(NC(=O)c1ccccc1)N1CCCc2cc(OCc3ccccc3)ccc2C1. The molecular weight excluding hydrogens is 448 g/mol. The summed E-state index contributed by atoms with van der Waals surface area (Å²) in [5.74, 6) is 1.14. The van der Waals surface area contributed by atoms with Crippen LogP contribution in [0.2, 0.25) is 0 Å². The van der Waals surface area contributed by atoms with Crippen molar-refractivity contribution in [2.24, 2.45) is 5.92 Å². The molecule has 1 atom stereocenters. The summed E-state index contributed by atoms with van der Waals surface area (Å²) in [4.78, 5) is 28.5. The minimum absolute atomic E-state index is 0.0687. The smallest absolute Gasteiger partial charge is 0.252 e. The number of hydrogen-bond acceptors (Lipinski definition) is 4. The summed E-state index contributed by atoms with van der Waals surface area (Å²) in [5.41, 5.74) is 4.12. The normalized spacial score (nSPS) is 14.5. The first-order valence-corrected chi connectivity index (χ1v) is 12.9. The number of carbonyl (C=O) groups is 2. The first-order valence-electron chi connectivity index (χ1n) is 12.9. The van der Waals surface area contributed by atoms with Crippen molar-refractivity contribution in [3.63, 3.8) is 0 Å². The van der Waals surface area contributed by atoms with Gasteiger partial charge >= 0.3 is 0 Å². The van der Waals surface area contributed by atoms with Gasteiger partial charge in [-0.15, -0.1) is 0 Å². The van der Waals surface area contributed by atoms with Crippen molar-refractivity contribution in [1.82, 2.24) is 10.2 Å². The standard InChI is InChI=1S/C31H36N2O3/c1-23(2)15-18-29(34)30(32-31(35)25-12-7-4-8-13-25)33-19-9-14-26-20-28(17-16-27(26)21-33)36-22-24-10-5-3-6-11-24/h3-8,10-13,16-17,20,23,30H,9,14-15,18-19,21-22H2,1-2H3,(H,32,35). The minimum Gasteiger partial charge on any atom is -0.489 e. The Hall–Kier alpha value is -3.44. The minimum atomic E-state index is -0.642. The van der Waals surface area contributed by atoms with Crippen molar-refractivity contribution < 1.29 is 14.3 Å². The molecule has 0 aromatic heterocycles. The summed E-state index contributed by atoms with van der Waals surface area (Å²) in [6, 6.07) is 25.5. The van der Waals surface area contributed by atoms with E-state index in [0.717, 1.165) is 37.1 Å². The van der Waals surface area contributed by atoms with E-state index in [1.807, 2.05) is 42.5 Å². The van der Waals surface area contributed by atoms with Gasteiger partial charge in [-0.3, -0.25) is 14.5 Å². The summed E-state index contributed by atoms with van der Waals surface area (Å²) in [7, 11) is 0. The maximum atomic E-state index is 13.3. The van der Waals surface area contributed by atoms with Crippen molar-refractivity contribution in [2.45, 2.75) is 58.8 Å². The van der Waals surface area contributed by atoms with Gasteiger partial charge in [0.05, 0.1) is 0 Å². The summed E-state index contributed by atoms with van der Waals surface area (Å²) in [5, 5.41) is 3.05. The predicted octanol–water partition coefficient (Wildman–Crippen LogP) is 5.78. The Labute approximate surface area is 214 Å². The lowest BCUT2D eigenvalue weighted by Crippen LogP contribution is -2.52. The van der Waals surface area contributed by atoms with Gasteiger partial charge in [0.15, 0.2) is 5.78 Å². The lowest BCUT2D eigenvalue weighted by atomic mass is 10.0. The number of Topliss-reactive ketones (excluding diaryl/α,β-unsaturated/α-hetero) is 1. The molecule has 1 aliphatic heterocycles. The van der Waals surface area contributed by atoms with Gasteiger partial charge in [0.2, 0.25) is 0 Å².